The molecule has 1 aliphatic carbocycles. The van der Waals surface area contributed by atoms with Gasteiger partial charge >= 0.3 is 0 Å². The van der Waals surface area contributed by atoms with E-state index in [1.54, 1.807) is 6.26 Å². The molecule has 0 radical (unpaired) electrons. The molecule has 1 aliphatic rings. The number of furan rings is 1. The standard InChI is InChI=1S/C16H28N2O/c1-3-10-18-16(14-9-11-19-12-14)8-7-15(17-4-2)13-5-6-13/h9,11-13,15-18H,3-8,10H2,1-2H3. The van der Waals surface area contributed by atoms with Crippen molar-refractivity contribution in [3.8, 4) is 0 Å². The molecule has 19 heavy (non-hydrogen) atoms. The maximum Gasteiger partial charge on any atom is 0.0950 e. The summed E-state index contributed by atoms with van der Waals surface area (Å²) in [6, 6.07) is 3.24. The predicted octanol–water partition coefficient (Wildman–Crippen LogP) is 3.49. The van der Waals surface area contributed by atoms with Gasteiger partial charge in [0.05, 0.1) is 12.5 Å². The van der Waals surface area contributed by atoms with Crippen molar-refractivity contribution in [3.63, 3.8) is 0 Å². The molecule has 1 aromatic rings. The molecule has 1 heterocycles. The highest BCUT2D eigenvalue weighted by Gasteiger charge is 2.30. The van der Waals surface area contributed by atoms with Crippen LogP contribution in [0.4, 0.5) is 0 Å². The van der Waals surface area contributed by atoms with Crippen molar-refractivity contribution in [1.29, 1.82) is 0 Å². The predicted molar refractivity (Wildman–Crippen MR) is 79.2 cm³/mol. The van der Waals surface area contributed by atoms with Crippen molar-refractivity contribution >= 4 is 0 Å². The van der Waals surface area contributed by atoms with E-state index in [4.69, 9.17) is 4.42 Å². The minimum absolute atomic E-state index is 0.443. The van der Waals surface area contributed by atoms with Crippen LogP contribution in [-0.2, 0) is 0 Å². The molecule has 2 atom stereocenters. The van der Waals surface area contributed by atoms with Crippen LogP contribution in [-0.4, -0.2) is 19.1 Å². The minimum atomic E-state index is 0.443. The van der Waals surface area contributed by atoms with Crippen molar-refractivity contribution in [2.24, 2.45) is 5.92 Å². The first kappa shape index (κ1) is 14.6. The van der Waals surface area contributed by atoms with Crippen LogP contribution < -0.4 is 10.6 Å². The Kier molecular flexibility index (Phi) is 5.93. The van der Waals surface area contributed by atoms with E-state index in [1.165, 1.54) is 37.7 Å². The Morgan fingerprint density at radius 3 is 2.68 bits per heavy atom. The second kappa shape index (κ2) is 7.71. The van der Waals surface area contributed by atoms with Crippen LogP contribution in [0.15, 0.2) is 23.0 Å². The molecule has 2 N–H and O–H groups in total. The van der Waals surface area contributed by atoms with E-state index in [1.807, 2.05) is 6.26 Å². The smallest absolute Gasteiger partial charge is 0.0950 e. The van der Waals surface area contributed by atoms with E-state index >= 15 is 0 Å². The fourth-order valence-electron chi connectivity index (χ4n) is 2.79. The van der Waals surface area contributed by atoms with Crippen molar-refractivity contribution in [2.45, 2.75) is 58.0 Å². The maximum atomic E-state index is 5.23. The van der Waals surface area contributed by atoms with E-state index in [-0.39, 0.29) is 0 Å². The molecule has 1 aromatic heterocycles. The van der Waals surface area contributed by atoms with Gasteiger partial charge in [-0.25, -0.2) is 0 Å². The first-order valence-electron chi connectivity index (χ1n) is 7.84. The van der Waals surface area contributed by atoms with Crippen LogP contribution in [0.25, 0.3) is 0 Å². The van der Waals surface area contributed by atoms with E-state index in [0.29, 0.717) is 12.1 Å². The Bertz CT molecular complexity index is 333. The van der Waals surface area contributed by atoms with Gasteiger partial charge < -0.3 is 15.1 Å². The van der Waals surface area contributed by atoms with E-state index < -0.39 is 0 Å². The van der Waals surface area contributed by atoms with Gasteiger partial charge in [0.2, 0.25) is 0 Å². The summed E-state index contributed by atoms with van der Waals surface area (Å²) in [4.78, 5) is 0. The summed E-state index contributed by atoms with van der Waals surface area (Å²) in [6.07, 6.45) is 10.1. The molecule has 0 bridgehead atoms. The summed E-state index contributed by atoms with van der Waals surface area (Å²) < 4.78 is 5.23. The van der Waals surface area contributed by atoms with Gasteiger partial charge in [-0.2, -0.15) is 0 Å². The number of nitrogens with one attached hydrogen (secondary N) is 2. The van der Waals surface area contributed by atoms with Crippen LogP contribution >= 0.6 is 0 Å². The molecule has 2 unspecified atom stereocenters. The normalized spacial score (nSPS) is 18.4. The molecule has 0 spiro atoms. The summed E-state index contributed by atoms with van der Waals surface area (Å²) in [5.41, 5.74) is 1.29. The Balaban J connectivity index is 1.84. The molecule has 1 fully saturated rings. The van der Waals surface area contributed by atoms with E-state index in [9.17, 15) is 0 Å². The van der Waals surface area contributed by atoms with Crippen LogP contribution in [0.1, 0.15) is 57.6 Å². The zero-order valence-corrected chi connectivity index (χ0v) is 12.3. The quantitative estimate of drug-likeness (QED) is 0.679. The van der Waals surface area contributed by atoms with Gasteiger partial charge in [0.25, 0.3) is 0 Å². The first-order valence-corrected chi connectivity index (χ1v) is 7.84. The Labute approximate surface area is 117 Å². The van der Waals surface area contributed by atoms with Crippen LogP contribution in [0.3, 0.4) is 0 Å². The van der Waals surface area contributed by atoms with Gasteiger partial charge in [-0.05, 0) is 57.2 Å². The second-order valence-electron chi connectivity index (χ2n) is 5.64. The zero-order chi connectivity index (χ0) is 13.5. The molecule has 2 rings (SSSR count). The molecule has 0 aromatic carbocycles. The number of rotatable bonds is 10. The van der Waals surface area contributed by atoms with Crippen molar-refractivity contribution in [2.75, 3.05) is 13.1 Å². The van der Waals surface area contributed by atoms with Gasteiger partial charge in [0, 0.05) is 17.6 Å². The molecule has 3 heteroatoms. The fourth-order valence-corrected chi connectivity index (χ4v) is 2.79. The number of hydrogen-bond donors (Lipinski definition) is 2. The molecule has 0 amide bonds. The lowest BCUT2D eigenvalue weighted by molar-refractivity contribution is 0.389. The van der Waals surface area contributed by atoms with Crippen LogP contribution in [0.2, 0.25) is 0 Å². The summed E-state index contributed by atoms with van der Waals surface area (Å²) in [5.74, 6) is 0.927. The third-order valence-electron chi connectivity index (χ3n) is 4.01. The SMILES string of the molecule is CCCNC(CCC(NCC)C1CC1)c1ccoc1. The monoisotopic (exact) mass is 264 g/mol. The second-order valence-corrected chi connectivity index (χ2v) is 5.64. The average Bonchev–Trinajstić information content (AvgIpc) is 3.13. The van der Waals surface area contributed by atoms with Crippen LogP contribution in [0.5, 0.6) is 0 Å². The lowest BCUT2D eigenvalue weighted by Gasteiger charge is -2.22. The minimum Gasteiger partial charge on any atom is -0.472 e. The van der Waals surface area contributed by atoms with Crippen molar-refractivity contribution in [1.82, 2.24) is 10.6 Å². The van der Waals surface area contributed by atoms with Crippen LogP contribution in [0, 0.1) is 5.92 Å². The first-order chi connectivity index (χ1) is 9.35. The summed E-state index contributed by atoms with van der Waals surface area (Å²) in [7, 11) is 0. The van der Waals surface area contributed by atoms with Gasteiger partial charge in [0.1, 0.15) is 0 Å². The average molecular weight is 264 g/mol. The zero-order valence-electron chi connectivity index (χ0n) is 12.3. The van der Waals surface area contributed by atoms with Crippen molar-refractivity contribution < 1.29 is 4.42 Å². The summed E-state index contributed by atoms with van der Waals surface area (Å²) >= 11 is 0. The third-order valence-corrected chi connectivity index (χ3v) is 4.01. The van der Waals surface area contributed by atoms with E-state index in [2.05, 4.69) is 30.5 Å². The van der Waals surface area contributed by atoms with Gasteiger partial charge in [0.15, 0.2) is 0 Å². The maximum absolute atomic E-state index is 5.23. The van der Waals surface area contributed by atoms with E-state index in [0.717, 1.165) is 19.0 Å². The Morgan fingerprint density at radius 1 is 1.26 bits per heavy atom. The lowest BCUT2D eigenvalue weighted by Crippen LogP contribution is -2.32. The molecular weight excluding hydrogens is 236 g/mol. The Hall–Kier alpha value is -0.800. The fraction of sp³-hybridized carbons (Fsp3) is 0.750. The molecule has 0 saturated heterocycles. The summed E-state index contributed by atoms with van der Waals surface area (Å²) in [6.45, 7) is 6.58. The van der Waals surface area contributed by atoms with Gasteiger partial charge in [-0.15, -0.1) is 0 Å². The van der Waals surface area contributed by atoms with Gasteiger partial charge in [-0.1, -0.05) is 13.8 Å². The highest BCUT2D eigenvalue weighted by molar-refractivity contribution is 5.11. The number of hydrogen-bond acceptors (Lipinski definition) is 3. The van der Waals surface area contributed by atoms with Gasteiger partial charge in [-0.3, -0.25) is 0 Å². The Morgan fingerprint density at radius 2 is 2.11 bits per heavy atom. The topological polar surface area (TPSA) is 37.2 Å². The molecule has 3 nitrogen and oxygen atoms in total. The van der Waals surface area contributed by atoms with Crippen molar-refractivity contribution in [3.05, 3.63) is 24.2 Å². The largest absolute Gasteiger partial charge is 0.472 e. The summed E-state index contributed by atoms with van der Waals surface area (Å²) in [5, 5.41) is 7.29. The third kappa shape index (κ3) is 4.66. The highest BCUT2D eigenvalue weighted by atomic mass is 16.3. The highest BCUT2D eigenvalue weighted by Crippen LogP contribution is 2.35. The molecule has 1 saturated carbocycles. The molecular formula is C16H28N2O. The molecule has 108 valence electrons. The molecule has 0 aliphatic heterocycles. The lowest BCUT2D eigenvalue weighted by atomic mass is 9.99.